The molecule has 0 spiro atoms. The second-order valence-electron chi connectivity index (χ2n) is 4.78. The van der Waals surface area contributed by atoms with Crippen molar-refractivity contribution < 1.29 is 4.21 Å². The Morgan fingerprint density at radius 2 is 2.00 bits per heavy atom. The van der Waals surface area contributed by atoms with E-state index in [1.54, 1.807) is 0 Å². The number of nitrogens with one attached hydrogen (secondary N) is 1. The van der Waals surface area contributed by atoms with Gasteiger partial charge in [0.25, 0.3) is 0 Å². The Balaban J connectivity index is 2.73. The quantitative estimate of drug-likeness (QED) is 0.831. The highest BCUT2D eigenvalue weighted by Crippen LogP contribution is 2.18. The predicted octanol–water partition coefficient (Wildman–Crippen LogP) is 3.40. The van der Waals surface area contributed by atoms with Crippen molar-refractivity contribution in [1.29, 1.82) is 0 Å². The van der Waals surface area contributed by atoms with Gasteiger partial charge in [-0.15, -0.1) is 0 Å². The summed E-state index contributed by atoms with van der Waals surface area (Å²) in [5.41, 5.74) is 1.17. The van der Waals surface area contributed by atoms with E-state index in [0.717, 1.165) is 0 Å². The van der Waals surface area contributed by atoms with Crippen molar-refractivity contribution in [2.45, 2.75) is 38.5 Å². The summed E-state index contributed by atoms with van der Waals surface area (Å²) in [6.07, 6.45) is 0. The lowest BCUT2D eigenvalue weighted by molar-refractivity contribution is 0.616. The van der Waals surface area contributed by atoms with Crippen LogP contribution in [-0.4, -0.2) is 8.96 Å². The minimum absolute atomic E-state index is 0.106. The van der Waals surface area contributed by atoms with Crippen molar-refractivity contribution in [1.82, 2.24) is 4.72 Å². The lowest BCUT2D eigenvalue weighted by Gasteiger charge is -2.22. The molecule has 0 aliphatic heterocycles. The molecule has 0 aromatic heterocycles. The Bertz CT molecular complexity index is 387. The molecule has 1 unspecified atom stereocenters. The van der Waals surface area contributed by atoms with Crippen molar-refractivity contribution in [3.8, 4) is 0 Å². The van der Waals surface area contributed by atoms with Crippen molar-refractivity contribution in [3.63, 3.8) is 0 Å². The lowest BCUT2D eigenvalue weighted by Crippen LogP contribution is -2.34. The summed E-state index contributed by atoms with van der Waals surface area (Å²) in [6, 6.07) is 8.35. The maximum Gasteiger partial charge on any atom is 0.0975 e. The largest absolute Gasteiger partial charge is 0.242 e. The number of halogens is 1. The summed E-state index contributed by atoms with van der Waals surface area (Å²) >= 11 is 2.28. The van der Waals surface area contributed by atoms with Gasteiger partial charge in [0.05, 0.1) is 15.7 Å². The maximum atomic E-state index is 11.9. The van der Waals surface area contributed by atoms with E-state index in [1.807, 2.05) is 33.8 Å². The summed E-state index contributed by atoms with van der Waals surface area (Å²) in [7, 11) is -1.03. The summed E-state index contributed by atoms with van der Waals surface area (Å²) in [6.45, 7) is 7.95. The van der Waals surface area contributed by atoms with Gasteiger partial charge >= 0.3 is 0 Å². The highest BCUT2D eigenvalue weighted by Gasteiger charge is 2.21. The number of rotatable bonds is 3. The van der Waals surface area contributed by atoms with Crippen LogP contribution >= 0.6 is 22.6 Å². The normalized spacial score (nSPS) is 15.8. The molecule has 1 aromatic carbocycles. The Morgan fingerprint density at radius 1 is 1.38 bits per heavy atom. The Hall–Kier alpha value is 0.0600. The van der Waals surface area contributed by atoms with E-state index in [2.05, 4.69) is 45.5 Å². The smallest absolute Gasteiger partial charge is 0.0975 e. The third-order valence-electron chi connectivity index (χ3n) is 2.19. The Labute approximate surface area is 114 Å². The minimum atomic E-state index is -1.03. The van der Waals surface area contributed by atoms with Crippen LogP contribution in [0.3, 0.4) is 0 Å². The van der Waals surface area contributed by atoms with Crippen LogP contribution in [0.5, 0.6) is 0 Å². The van der Waals surface area contributed by atoms with Crippen LogP contribution in [0.1, 0.15) is 39.3 Å². The fourth-order valence-electron chi connectivity index (χ4n) is 1.18. The molecule has 4 heteroatoms. The van der Waals surface area contributed by atoms with Gasteiger partial charge in [0.2, 0.25) is 0 Å². The van der Waals surface area contributed by atoms with Gasteiger partial charge in [-0.1, -0.05) is 12.1 Å². The third-order valence-corrected chi connectivity index (χ3v) is 4.54. The van der Waals surface area contributed by atoms with Gasteiger partial charge in [-0.3, -0.25) is 0 Å². The second kappa shape index (κ2) is 5.60. The summed E-state index contributed by atoms with van der Waals surface area (Å²) in [5, 5.41) is 0. The van der Waals surface area contributed by atoms with Crippen LogP contribution in [0.15, 0.2) is 24.3 Å². The summed E-state index contributed by atoms with van der Waals surface area (Å²) in [5.74, 6) is 0. The molecule has 0 heterocycles. The average Bonchev–Trinajstić information content (AvgIpc) is 2.16. The molecule has 16 heavy (non-hydrogen) atoms. The van der Waals surface area contributed by atoms with Crippen molar-refractivity contribution in [2.24, 2.45) is 0 Å². The van der Waals surface area contributed by atoms with Crippen LogP contribution in [0, 0.1) is 3.57 Å². The summed E-state index contributed by atoms with van der Waals surface area (Å²) in [4.78, 5) is 0. The van der Waals surface area contributed by atoms with Gasteiger partial charge in [0.15, 0.2) is 0 Å². The predicted molar refractivity (Wildman–Crippen MR) is 78.6 cm³/mol. The van der Waals surface area contributed by atoms with Crippen LogP contribution < -0.4 is 4.72 Å². The molecule has 0 amide bonds. The van der Waals surface area contributed by atoms with Gasteiger partial charge in [-0.05, 0) is 68.0 Å². The number of benzene rings is 1. The zero-order valence-electron chi connectivity index (χ0n) is 10.1. The zero-order chi connectivity index (χ0) is 12.3. The molecule has 1 N–H and O–H groups in total. The molecule has 1 rings (SSSR count). The zero-order valence-corrected chi connectivity index (χ0v) is 13.1. The van der Waals surface area contributed by atoms with Gasteiger partial charge in [0.1, 0.15) is 0 Å². The molecule has 0 radical (unpaired) electrons. The van der Waals surface area contributed by atoms with E-state index >= 15 is 0 Å². The number of hydrogen-bond acceptors (Lipinski definition) is 1. The van der Waals surface area contributed by atoms with Crippen LogP contribution in [-0.2, 0) is 11.0 Å². The van der Waals surface area contributed by atoms with Gasteiger partial charge in [0, 0.05) is 9.61 Å². The molecular formula is C12H18INOS. The standard InChI is InChI=1S/C12H18INOS/c1-9(14-16(15)12(2,3)4)10-6-5-7-11(13)8-10/h5-9,14H,1-4H3/t9-,16?/m1/s1. The molecule has 0 bridgehead atoms. The Kier molecular flexibility index (Phi) is 4.94. The van der Waals surface area contributed by atoms with E-state index in [9.17, 15) is 4.21 Å². The molecular weight excluding hydrogens is 333 g/mol. The van der Waals surface area contributed by atoms with Crippen molar-refractivity contribution >= 4 is 33.6 Å². The topological polar surface area (TPSA) is 29.1 Å². The van der Waals surface area contributed by atoms with E-state index < -0.39 is 11.0 Å². The molecule has 2 nitrogen and oxygen atoms in total. The molecule has 90 valence electrons. The van der Waals surface area contributed by atoms with E-state index in [-0.39, 0.29) is 10.8 Å². The Morgan fingerprint density at radius 3 is 2.50 bits per heavy atom. The molecule has 2 atom stereocenters. The molecule has 1 aromatic rings. The fourth-order valence-corrected chi connectivity index (χ4v) is 2.56. The fraction of sp³-hybridized carbons (Fsp3) is 0.500. The van der Waals surface area contributed by atoms with Gasteiger partial charge < -0.3 is 0 Å². The molecule has 0 aliphatic rings. The second-order valence-corrected chi connectivity index (χ2v) is 8.02. The van der Waals surface area contributed by atoms with E-state index in [1.165, 1.54) is 9.13 Å². The SMILES string of the molecule is C[C@@H](NS(=O)C(C)(C)C)c1cccc(I)c1. The first-order valence-corrected chi connectivity index (χ1v) is 7.47. The molecule has 0 saturated carbocycles. The summed E-state index contributed by atoms with van der Waals surface area (Å²) < 4.78 is 16.0. The first-order chi connectivity index (χ1) is 7.30. The van der Waals surface area contributed by atoms with Crippen molar-refractivity contribution in [2.75, 3.05) is 0 Å². The maximum absolute atomic E-state index is 11.9. The highest BCUT2D eigenvalue weighted by atomic mass is 127. The van der Waals surface area contributed by atoms with E-state index in [4.69, 9.17) is 0 Å². The molecule has 0 saturated heterocycles. The van der Waals surface area contributed by atoms with Crippen LogP contribution in [0.2, 0.25) is 0 Å². The monoisotopic (exact) mass is 351 g/mol. The highest BCUT2D eigenvalue weighted by molar-refractivity contribution is 14.1. The first-order valence-electron chi connectivity index (χ1n) is 5.24. The average molecular weight is 351 g/mol. The third kappa shape index (κ3) is 4.14. The molecule has 0 aliphatic carbocycles. The first kappa shape index (κ1) is 14.1. The lowest BCUT2D eigenvalue weighted by atomic mass is 10.1. The van der Waals surface area contributed by atoms with Crippen molar-refractivity contribution in [3.05, 3.63) is 33.4 Å². The van der Waals surface area contributed by atoms with Crippen LogP contribution in [0.25, 0.3) is 0 Å². The minimum Gasteiger partial charge on any atom is -0.242 e. The van der Waals surface area contributed by atoms with Crippen LogP contribution in [0.4, 0.5) is 0 Å². The molecule has 0 fully saturated rings. The van der Waals surface area contributed by atoms with Gasteiger partial charge in [-0.25, -0.2) is 8.93 Å². The van der Waals surface area contributed by atoms with Gasteiger partial charge in [-0.2, -0.15) is 0 Å². The number of hydrogen-bond donors (Lipinski definition) is 1. The van der Waals surface area contributed by atoms with E-state index in [0.29, 0.717) is 0 Å².